The molecule has 3 heteroatoms. The molecule has 0 bridgehead atoms. The molecule has 0 radical (unpaired) electrons. The maximum Gasteiger partial charge on any atom is 0.161 e. The van der Waals surface area contributed by atoms with Crippen LogP contribution in [-0.2, 0) is 6.54 Å². The second-order valence-electron chi connectivity index (χ2n) is 9.46. The molecule has 0 atom stereocenters. The van der Waals surface area contributed by atoms with E-state index < -0.39 is 0 Å². The van der Waals surface area contributed by atoms with E-state index in [0.29, 0.717) is 12.5 Å². The topological polar surface area (TPSA) is 30.5 Å². The highest BCUT2D eigenvalue weighted by Crippen LogP contribution is 2.28. The Balaban J connectivity index is 1.96. The molecule has 0 saturated carbocycles. The average Bonchev–Trinajstić information content (AvgIpc) is 2.77. The van der Waals surface area contributed by atoms with Crippen LogP contribution < -0.4 is 14.8 Å². The van der Waals surface area contributed by atoms with Crippen molar-refractivity contribution in [2.75, 3.05) is 20.3 Å². The lowest BCUT2D eigenvalue weighted by molar-refractivity contribution is 0.256. The summed E-state index contributed by atoms with van der Waals surface area (Å²) in [7, 11) is 1.71. The summed E-state index contributed by atoms with van der Waals surface area (Å²) in [4.78, 5) is 0. The minimum Gasteiger partial charge on any atom is -0.493 e. The zero-order chi connectivity index (χ0) is 22.6. The van der Waals surface area contributed by atoms with E-state index in [4.69, 9.17) is 9.47 Å². The number of methoxy groups -OCH3 is 1. The molecular weight excluding hydrogens is 382 g/mol. The van der Waals surface area contributed by atoms with Gasteiger partial charge in [-0.3, -0.25) is 0 Å². The van der Waals surface area contributed by atoms with Gasteiger partial charge in [-0.15, -0.1) is 0 Å². The highest BCUT2D eigenvalue weighted by molar-refractivity contribution is 5.42. The Hall–Kier alpha value is -1.22. The van der Waals surface area contributed by atoms with E-state index in [1.54, 1.807) is 7.11 Å². The number of hydrogen-bond acceptors (Lipinski definition) is 3. The lowest BCUT2D eigenvalue weighted by Gasteiger charge is -2.14. The average molecular weight is 434 g/mol. The van der Waals surface area contributed by atoms with Gasteiger partial charge in [0.15, 0.2) is 11.5 Å². The van der Waals surface area contributed by atoms with Crippen LogP contribution in [0.15, 0.2) is 18.2 Å². The predicted octanol–water partition coefficient (Wildman–Crippen LogP) is 8.30. The molecule has 0 saturated heterocycles. The summed E-state index contributed by atoms with van der Waals surface area (Å²) in [6, 6.07) is 6.26. The SMILES string of the molecule is CCCCCCCCCCCCCCCCNCc1ccc(OCC(C)C)c(OC)c1. The summed E-state index contributed by atoms with van der Waals surface area (Å²) in [5.41, 5.74) is 1.25. The number of ether oxygens (including phenoxy) is 2. The maximum atomic E-state index is 5.83. The molecule has 0 aliphatic heterocycles. The molecule has 3 nitrogen and oxygen atoms in total. The molecule has 0 unspecified atom stereocenters. The van der Waals surface area contributed by atoms with E-state index in [1.807, 2.05) is 6.07 Å². The Kier molecular flexibility index (Phi) is 17.5. The third-order valence-corrected chi connectivity index (χ3v) is 5.84. The summed E-state index contributed by atoms with van der Waals surface area (Å²) >= 11 is 0. The molecule has 0 aliphatic rings. The van der Waals surface area contributed by atoms with Gasteiger partial charge in [-0.25, -0.2) is 0 Å². The smallest absolute Gasteiger partial charge is 0.161 e. The second kappa shape index (κ2) is 19.5. The zero-order valence-electron chi connectivity index (χ0n) is 21.1. The Labute approximate surface area is 193 Å². The van der Waals surface area contributed by atoms with Crippen LogP contribution in [0.2, 0.25) is 0 Å². The normalized spacial score (nSPS) is 11.3. The number of unbranched alkanes of at least 4 members (excludes halogenated alkanes) is 13. The molecule has 1 rings (SSSR count). The van der Waals surface area contributed by atoms with Gasteiger partial charge < -0.3 is 14.8 Å². The second-order valence-corrected chi connectivity index (χ2v) is 9.46. The van der Waals surface area contributed by atoms with Crippen LogP contribution in [0, 0.1) is 5.92 Å². The summed E-state index contributed by atoms with van der Waals surface area (Å²) in [6.07, 6.45) is 19.7. The molecule has 0 heterocycles. The van der Waals surface area contributed by atoms with E-state index in [2.05, 4.69) is 38.2 Å². The third-order valence-electron chi connectivity index (χ3n) is 5.84. The first-order valence-electron chi connectivity index (χ1n) is 13.2. The van der Waals surface area contributed by atoms with Crippen molar-refractivity contribution in [3.05, 3.63) is 23.8 Å². The summed E-state index contributed by atoms with van der Waals surface area (Å²) < 4.78 is 11.3. The van der Waals surface area contributed by atoms with Crippen molar-refractivity contribution in [2.24, 2.45) is 5.92 Å². The summed E-state index contributed by atoms with van der Waals surface area (Å²) in [5.74, 6) is 2.18. The van der Waals surface area contributed by atoms with Crippen molar-refractivity contribution in [3.8, 4) is 11.5 Å². The summed E-state index contributed by atoms with van der Waals surface area (Å²) in [5, 5.41) is 3.57. The van der Waals surface area contributed by atoms with Gasteiger partial charge in [0, 0.05) is 6.54 Å². The summed E-state index contributed by atoms with van der Waals surface area (Å²) in [6.45, 7) is 9.29. The first-order valence-corrected chi connectivity index (χ1v) is 13.2. The fourth-order valence-electron chi connectivity index (χ4n) is 3.87. The Morgan fingerprint density at radius 2 is 1.29 bits per heavy atom. The van der Waals surface area contributed by atoms with Gasteiger partial charge in [0.25, 0.3) is 0 Å². The van der Waals surface area contributed by atoms with Crippen LogP contribution in [0.5, 0.6) is 11.5 Å². The number of hydrogen-bond donors (Lipinski definition) is 1. The molecule has 0 aromatic heterocycles. The van der Waals surface area contributed by atoms with E-state index in [-0.39, 0.29) is 0 Å². The van der Waals surface area contributed by atoms with Gasteiger partial charge >= 0.3 is 0 Å². The number of nitrogens with one attached hydrogen (secondary N) is 1. The maximum absolute atomic E-state index is 5.83. The van der Waals surface area contributed by atoms with Gasteiger partial charge in [0.2, 0.25) is 0 Å². The number of rotatable bonds is 21. The first kappa shape index (κ1) is 27.8. The van der Waals surface area contributed by atoms with Gasteiger partial charge in [-0.05, 0) is 36.6 Å². The minimum absolute atomic E-state index is 0.510. The molecule has 0 amide bonds. The molecule has 31 heavy (non-hydrogen) atoms. The van der Waals surface area contributed by atoms with Crippen LogP contribution in [0.1, 0.15) is 116 Å². The van der Waals surface area contributed by atoms with E-state index in [0.717, 1.165) is 24.6 Å². The predicted molar refractivity (Wildman–Crippen MR) is 135 cm³/mol. The third kappa shape index (κ3) is 15.3. The monoisotopic (exact) mass is 433 g/mol. The van der Waals surface area contributed by atoms with Crippen LogP contribution in [0.3, 0.4) is 0 Å². The van der Waals surface area contributed by atoms with Crippen molar-refractivity contribution >= 4 is 0 Å². The Morgan fingerprint density at radius 3 is 1.81 bits per heavy atom. The minimum atomic E-state index is 0.510. The highest BCUT2D eigenvalue weighted by atomic mass is 16.5. The Bertz CT molecular complexity index is 530. The number of benzene rings is 1. The molecule has 180 valence electrons. The van der Waals surface area contributed by atoms with E-state index >= 15 is 0 Å². The quantitative estimate of drug-likeness (QED) is 0.198. The largest absolute Gasteiger partial charge is 0.493 e. The molecule has 1 N–H and O–H groups in total. The zero-order valence-corrected chi connectivity index (χ0v) is 21.1. The van der Waals surface area contributed by atoms with E-state index in [9.17, 15) is 0 Å². The molecule has 0 spiro atoms. The molecule has 1 aromatic carbocycles. The van der Waals surface area contributed by atoms with Crippen molar-refractivity contribution in [1.82, 2.24) is 5.32 Å². The highest BCUT2D eigenvalue weighted by Gasteiger charge is 2.06. The lowest BCUT2D eigenvalue weighted by atomic mass is 10.0. The molecule has 0 fully saturated rings. The fourth-order valence-corrected chi connectivity index (χ4v) is 3.87. The van der Waals surface area contributed by atoms with Crippen LogP contribution >= 0.6 is 0 Å². The van der Waals surface area contributed by atoms with E-state index in [1.165, 1.54) is 95.5 Å². The van der Waals surface area contributed by atoms with Crippen LogP contribution in [0.4, 0.5) is 0 Å². The Morgan fingerprint density at radius 1 is 0.742 bits per heavy atom. The first-order chi connectivity index (χ1) is 15.2. The molecule has 0 aliphatic carbocycles. The standard InChI is InChI=1S/C28H51NO2/c1-5-6-7-8-9-10-11-12-13-14-15-16-17-18-21-29-23-26-19-20-27(28(22-26)30-4)31-24-25(2)3/h19-20,22,25,29H,5-18,21,23-24H2,1-4H3. The molecule has 1 aromatic rings. The van der Waals surface area contributed by atoms with Gasteiger partial charge in [0.1, 0.15) is 0 Å². The van der Waals surface area contributed by atoms with Crippen molar-refractivity contribution in [3.63, 3.8) is 0 Å². The fraction of sp³-hybridized carbons (Fsp3) is 0.786. The van der Waals surface area contributed by atoms with Crippen molar-refractivity contribution in [2.45, 2.75) is 117 Å². The van der Waals surface area contributed by atoms with Crippen LogP contribution in [0.25, 0.3) is 0 Å². The van der Waals surface area contributed by atoms with Gasteiger partial charge in [0.05, 0.1) is 13.7 Å². The lowest BCUT2D eigenvalue weighted by Crippen LogP contribution is -2.14. The van der Waals surface area contributed by atoms with Gasteiger partial charge in [-0.1, -0.05) is 110 Å². The van der Waals surface area contributed by atoms with Crippen molar-refractivity contribution in [1.29, 1.82) is 0 Å². The van der Waals surface area contributed by atoms with Gasteiger partial charge in [-0.2, -0.15) is 0 Å². The van der Waals surface area contributed by atoms with Crippen molar-refractivity contribution < 1.29 is 9.47 Å². The van der Waals surface area contributed by atoms with Crippen LogP contribution in [-0.4, -0.2) is 20.3 Å². The molecular formula is C28H51NO2.